The maximum absolute atomic E-state index is 12.4. The topological polar surface area (TPSA) is 26.3 Å². The van der Waals surface area contributed by atoms with Crippen LogP contribution in [-0.2, 0) is 9.53 Å². The first-order chi connectivity index (χ1) is 9.27. The van der Waals surface area contributed by atoms with Crippen molar-refractivity contribution in [2.45, 2.75) is 52.1 Å². The van der Waals surface area contributed by atoms with Gasteiger partial charge >= 0.3 is 5.97 Å². The predicted octanol–water partition coefficient (Wildman–Crippen LogP) is 2.03. The fourth-order valence-corrected chi connectivity index (χ4v) is 2.97. The number of nitrogens with zero attached hydrogens (tertiary/aromatic N) is 2. The van der Waals surface area contributed by atoms with Gasteiger partial charge in [0.1, 0.15) is 13.2 Å². The first-order valence-electron chi connectivity index (χ1n) is 8.10. The highest BCUT2D eigenvalue weighted by atomic mass is 16.5. The molecular weight excluding hydrogens is 252 g/mol. The van der Waals surface area contributed by atoms with Crippen LogP contribution in [0.3, 0.4) is 0 Å². The Morgan fingerprint density at radius 3 is 2.40 bits per heavy atom. The predicted molar refractivity (Wildman–Crippen MR) is 82.3 cm³/mol. The average molecular weight is 286 g/mol. The Morgan fingerprint density at radius 1 is 1.25 bits per heavy atom. The van der Waals surface area contributed by atoms with Gasteiger partial charge in [0, 0.05) is 6.42 Å². The maximum Gasteiger partial charge on any atom is 0.365 e. The molecule has 0 radical (unpaired) electrons. The smallest absolute Gasteiger partial charge is 0.365 e. The number of quaternary nitrogens is 2. The monoisotopic (exact) mass is 286 g/mol. The van der Waals surface area contributed by atoms with Crippen LogP contribution in [0.2, 0.25) is 0 Å². The van der Waals surface area contributed by atoms with Gasteiger partial charge in [-0.1, -0.05) is 0 Å². The number of carbonyl (C=O) groups excluding carboxylic acids is 1. The molecule has 0 aromatic heterocycles. The van der Waals surface area contributed by atoms with Crippen molar-refractivity contribution < 1.29 is 18.5 Å². The van der Waals surface area contributed by atoms with Gasteiger partial charge in [-0.05, 0) is 33.6 Å². The SMILES string of the molecule is CC[N+](C)(CC)CCOC(=O)[C@@H]1CCC[C@@H](C)[N+]1(C)C. The van der Waals surface area contributed by atoms with E-state index in [1.165, 1.54) is 6.42 Å². The molecule has 2 atom stereocenters. The molecule has 1 heterocycles. The van der Waals surface area contributed by atoms with Crippen molar-refractivity contribution >= 4 is 5.97 Å². The normalized spacial score (nSPS) is 26.3. The van der Waals surface area contributed by atoms with Crippen molar-refractivity contribution in [3.8, 4) is 0 Å². The van der Waals surface area contributed by atoms with Gasteiger partial charge in [-0.15, -0.1) is 0 Å². The fraction of sp³-hybridized carbons (Fsp3) is 0.938. The molecule has 0 bridgehead atoms. The van der Waals surface area contributed by atoms with E-state index in [-0.39, 0.29) is 12.0 Å². The van der Waals surface area contributed by atoms with Crippen LogP contribution in [-0.4, -0.2) is 74.4 Å². The minimum absolute atomic E-state index is 0.000283. The zero-order valence-electron chi connectivity index (χ0n) is 14.3. The number of hydrogen-bond acceptors (Lipinski definition) is 2. The molecule has 0 aromatic carbocycles. The molecule has 0 amide bonds. The number of hydrogen-bond donors (Lipinski definition) is 0. The van der Waals surface area contributed by atoms with Crippen molar-refractivity contribution in [1.82, 2.24) is 0 Å². The molecule has 1 saturated heterocycles. The van der Waals surface area contributed by atoms with Crippen LogP contribution >= 0.6 is 0 Å². The summed E-state index contributed by atoms with van der Waals surface area (Å²) in [6.07, 6.45) is 3.31. The summed E-state index contributed by atoms with van der Waals surface area (Å²) in [4.78, 5) is 12.4. The molecule has 118 valence electrons. The van der Waals surface area contributed by atoms with Gasteiger partial charge in [0.15, 0.2) is 6.04 Å². The fourth-order valence-electron chi connectivity index (χ4n) is 2.97. The lowest BCUT2D eigenvalue weighted by Crippen LogP contribution is -2.60. The van der Waals surface area contributed by atoms with E-state index in [9.17, 15) is 4.79 Å². The summed E-state index contributed by atoms with van der Waals surface area (Å²) in [5, 5.41) is 0. The molecule has 1 rings (SSSR count). The quantitative estimate of drug-likeness (QED) is 0.552. The molecule has 1 fully saturated rings. The Hall–Kier alpha value is -0.610. The van der Waals surface area contributed by atoms with Crippen molar-refractivity contribution in [2.75, 3.05) is 47.4 Å². The van der Waals surface area contributed by atoms with Crippen LogP contribution in [0, 0.1) is 0 Å². The Morgan fingerprint density at radius 2 is 1.85 bits per heavy atom. The Bertz CT molecular complexity index is 324. The number of ether oxygens (including phenoxy) is 1. The third kappa shape index (κ3) is 3.95. The molecule has 0 aromatic rings. The van der Waals surface area contributed by atoms with Gasteiger partial charge in [-0.3, -0.25) is 0 Å². The van der Waals surface area contributed by atoms with Crippen LogP contribution in [0.4, 0.5) is 0 Å². The van der Waals surface area contributed by atoms with E-state index in [4.69, 9.17) is 4.74 Å². The molecule has 0 unspecified atom stereocenters. The zero-order valence-corrected chi connectivity index (χ0v) is 14.3. The number of rotatable bonds is 6. The third-order valence-corrected chi connectivity index (χ3v) is 5.71. The van der Waals surface area contributed by atoms with Crippen molar-refractivity contribution in [1.29, 1.82) is 0 Å². The minimum Gasteiger partial charge on any atom is -0.455 e. The molecule has 1 aliphatic heterocycles. The lowest BCUT2D eigenvalue weighted by molar-refractivity contribution is -0.934. The van der Waals surface area contributed by atoms with E-state index in [0.29, 0.717) is 12.6 Å². The van der Waals surface area contributed by atoms with E-state index in [1.807, 2.05) is 0 Å². The first kappa shape index (κ1) is 17.4. The first-order valence-corrected chi connectivity index (χ1v) is 8.10. The Kier molecular flexibility index (Phi) is 6.02. The van der Waals surface area contributed by atoms with Crippen molar-refractivity contribution in [2.24, 2.45) is 0 Å². The van der Waals surface area contributed by atoms with E-state index in [2.05, 4.69) is 41.9 Å². The van der Waals surface area contributed by atoms with Crippen LogP contribution < -0.4 is 0 Å². The van der Waals surface area contributed by atoms with Crippen molar-refractivity contribution in [3.63, 3.8) is 0 Å². The molecule has 1 aliphatic rings. The van der Waals surface area contributed by atoms with Gasteiger partial charge in [0.2, 0.25) is 0 Å². The Labute approximate surface area is 124 Å². The number of likely N-dealkylation sites (tertiary alicyclic amines) is 1. The maximum atomic E-state index is 12.4. The third-order valence-electron chi connectivity index (χ3n) is 5.71. The molecule has 4 nitrogen and oxygen atoms in total. The number of likely N-dealkylation sites (N-methyl/N-ethyl adjacent to an activating group) is 2. The molecule has 0 spiro atoms. The average Bonchev–Trinajstić information content (AvgIpc) is 2.41. The second-order valence-corrected chi connectivity index (χ2v) is 7.07. The summed E-state index contributed by atoms with van der Waals surface area (Å²) in [5.41, 5.74) is 0. The molecule has 20 heavy (non-hydrogen) atoms. The summed E-state index contributed by atoms with van der Waals surface area (Å²) in [6, 6.07) is 0.550. The van der Waals surface area contributed by atoms with Crippen LogP contribution in [0.1, 0.15) is 40.0 Å². The lowest BCUT2D eigenvalue weighted by Gasteiger charge is -2.45. The van der Waals surface area contributed by atoms with E-state index in [1.54, 1.807) is 0 Å². The summed E-state index contributed by atoms with van der Waals surface area (Å²) >= 11 is 0. The number of carbonyl (C=O) groups is 1. The van der Waals surface area contributed by atoms with Crippen LogP contribution in [0.25, 0.3) is 0 Å². The number of esters is 1. The van der Waals surface area contributed by atoms with Gasteiger partial charge in [-0.2, -0.15) is 0 Å². The molecule has 4 heteroatoms. The molecule has 0 N–H and O–H groups in total. The standard InChI is InChI=1S/C16H34N2O2/c1-7-18(6,8-2)12-13-20-16(19)15-11-9-10-14(3)17(15,4)5/h14-15H,7-13H2,1-6H3/q+2/t14-,15+/m1/s1. The van der Waals surface area contributed by atoms with Crippen LogP contribution in [0.15, 0.2) is 0 Å². The molecular formula is C16H34N2O2+2. The minimum atomic E-state index is 0.000283. The molecule has 0 aliphatic carbocycles. The number of piperidine rings is 1. The van der Waals surface area contributed by atoms with Gasteiger partial charge < -0.3 is 13.7 Å². The second kappa shape index (κ2) is 6.90. The summed E-state index contributed by atoms with van der Waals surface area (Å²) in [5.74, 6) is 0.000283. The van der Waals surface area contributed by atoms with Crippen LogP contribution in [0.5, 0.6) is 0 Å². The lowest BCUT2D eigenvalue weighted by atomic mass is 9.94. The summed E-state index contributed by atoms with van der Waals surface area (Å²) in [6.45, 7) is 10.2. The highest BCUT2D eigenvalue weighted by Gasteiger charge is 2.42. The largest absolute Gasteiger partial charge is 0.455 e. The highest BCUT2D eigenvalue weighted by molar-refractivity contribution is 5.74. The van der Waals surface area contributed by atoms with Gasteiger partial charge in [0.05, 0.1) is 40.3 Å². The second-order valence-electron chi connectivity index (χ2n) is 7.07. The highest BCUT2D eigenvalue weighted by Crippen LogP contribution is 2.28. The van der Waals surface area contributed by atoms with E-state index in [0.717, 1.165) is 41.4 Å². The summed E-state index contributed by atoms with van der Waals surface area (Å²) < 4.78 is 7.33. The van der Waals surface area contributed by atoms with E-state index >= 15 is 0 Å². The summed E-state index contributed by atoms with van der Waals surface area (Å²) in [7, 11) is 6.54. The van der Waals surface area contributed by atoms with Gasteiger partial charge in [0.25, 0.3) is 0 Å². The van der Waals surface area contributed by atoms with Gasteiger partial charge in [-0.25, -0.2) is 4.79 Å². The Balaban J connectivity index is 2.50. The molecule has 0 saturated carbocycles. The zero-order chi connectivity index (χ0) is 15.4. The van der Waals surface area contributed by atoms with Crippen molar-refractivity contribution in [3.05, 3.63) is 0 Å². The van der Waals surface area contributed by atoms with E-state index < -0.39 is 0 Å².